The van der Waals surface area contributed by atoms with Gasteiger partial charge in [0.15, 0.2) is 0 Å². The Hall–Kier alpha value is -2.20. The summed E-state index contributed by atoms with van der Waals surface area (Å²) >= 11 is 5.81. The summed E-state index contributed by atoms with van der Waals surface area (Å²) in [5, 5.41) is 3.41. The molecule has 2 aromatic rings. The molecule has 2 aromatic carbocycles. The van der Waals surface area contributed by atoms with Gasteiger partial charge in [-0.3, -0.25) is 4.79 Å². The monoisotopic (exact) mass is 319 g/mol. The fourth-order valence-electron chi connectivity index (χ4n) is 1.84. The summed E-state index contributed by atoms with van der Waals surface area (Å²) in [6.45, 7) is 2.58. The zero-order chi connectivity index (χ0) is 15.8. The van der Waals surface area contributed by atoms with Gasteiger partial charge in [-0.2, -0.15) is 0 Å². The number of carbonyl (C=O) groups excluding carboxylic acids is 1. The van der Waals surface area contributed by atoms with E-state index in [-0.39, 0.29) is 5.91 Å². The Balaban J connectivity index is 1.70. The van der Waals surface area contributed by atoms with Crippen LogP contribution in [0.2, 0.25) is 5.02 Å². The molecule has 0 spiro atoms. The van der Waals surface area contributed by atoms with Gasteiger partial charge >= 0.3 is 0 Å². The number of carbonyl (C=O) groups is 1. The van der Waals surface area contributed by atoms with Crippen LogP contribution in [-0.4, -0.2) is 19.1 Å². The molecule has 0 heterocycles. The van der Waals surface area contributed by atoms with E-state index in [1.54, 1.807) is 18.2 Å². The van der Waals surface area contributed by atoms with Crippen LogP contribution in [0.25, 0.3) is 0 Å². The minimum absolute atomic E-state index is 0.103. The van der Waals surface area contributed by atoms with E-state index in [1.807, 2.05) is 30.3 Å². The average Bonchev–Trinajstić information content (AvgIpc) is 2.48. The second-order valence-electron chi connectivity index (χ2n) is 4.71. The van der Waals surface area contributed by atoms with Gasteiger partial charge in [-0.15, -0.1) is 0 Å². The van der Waals surface area contributed by atoms with Crippen molar-refractivity contribution in [3.8, 4) is 11.5 Å². The molecule has 116 valence electrons. The SMILES string of the molecule is CC(=O)Nc1cccc(OCCCOc2ccc(Cl)cc2)c1. The predicted molar refractivity (Wildman–Crippen MR) is 87.8 cm³/mol. The number of halogens is 1. The molecule has 2 rings (SSSR count). The summed E-state index contributed by atoms with van der Waals surface area (Å²) in [6, 6.07) is 14.6. The summed E-state index contributed by atoms with van der Waals surface area (Å²) in [4.78, 5) is 11.0. The third-order valence-electron chi connectivity index (χ3n) is 2.79. The van der Waals surface area contributed by atoms with Gasteiger partial charge in [0.2, 0.25) is 5.91 Å². The highest BCUT2D eigenvalue weighted by atomic mass is 35.5. The Morgan fingerprint density at radius 3 is 2.41 bits per heavy atom. The number of ether oxygens (including phenoxy) is 2. The number of hydrogen-bond acceptors (Lipinski definition) is 3. The van der Waals surface area contributed by atoms with Gasteiger partial charge < -0.3 is 14.8 Å². The number of benzene rings is 2. The van der Waals surface area contributed by atoms with E-state index in [1.165, 1.54) is 6.92 Å². The molecule has 0 aliphatic carbocycles. The van der Waals surface area contributed by atoms with Crippen LogP contribution in [0.15, 0.2) is 48.5 Å². The van der Waals surface area contributed by atoms with E-state index in [9.17, 15) is 4.79 Å². The minimum Gasteiger partial charge on any atom is -0.493 e. The van der Waals surface area contributed by atoms with E-state index >= 15 is 0 Å². The zero-order valence-electron chi connectivity index (χ0n) is 12.3. The maximum Gasteiger partial charge on any atom is 0.221 e. The molecule has 22 heavy (non-hydrogen) atoms. The van der Waals surface area contributed by atoms with Crippen molar-refractivity contribution >= 4 is 23.2 Å². The second kappa shape index (κ2) is 8.29. The Morgan fingerprint density at radius 2 is 1.73 bits per heavy atom. The van der Waals surface area contributed by atoms with Gasteiger partial charge in [0, 0.05) is 30.1 Å². The predicted octanol–water partition coefficient (Wildman–Crippen LogP) is 4.15. The van der Waals surface area contributed by atoms with Crippen molar-refractivity contribution in [2.24, 2.45) is 0 Å². The normalized spacial score (nSPS) is 10.1. The van der Waals surface area contributed by atoms with E-state index in [2.05, 4.69) is 5.32 Å². The highest BCUT2D eigenvalue weighted by molar-refractivity contribution is 6.30. The number of anilines is 1. The van der Waals surface area contributed by atoms with Crippen molar-refractivity contribution in [2.45, 2.75) is 13.3 Å². The number of rotatable bonds is 7. The quantitative estimate of drug-likeness (QED) is 0.780. The third kappa shape index (κ3) is 5.66. The fraction of sp³-hybridized carbons (Fsp3) is 0.235. The van der Waals surface area contributed by atoms with Crippen LogP contribution in [-0.2, 0) is 4.79 Å². The molecule has 1 amide bonds. The zero-order valence-corrected chi connectivity index (χ0v) is 13.1. The van der Waals surface area contributed by atoms with E-state index in [0.717, 1.165) is 23.6 Å². The van der Waals surface area contributed by atoms with Gasteiger partial charge in [-0.25, -0.2) is 0 Å². The van der Waals surface area contributed by atoms with Crippen molar-refractivity contribution in [2.75, 3.05) is 18.5 Å². The summed E-state index contributed by atoms with van der Waals surface area (Å²) in [6.07, 6.45) is 0.757. The molecule has 0 atom stereocenters. The average molecular weight is 320 g/mol. The lowest BCUT2D eigenvalue weighted by Crippen LogP contribution is -2.07. The molecular weight excluding hydrogens is 302 g/mol. The Kier molecular flexibility index (Phi) is 6.10. The molecule has 0 radical (unpaired) electrons. The standard InChI is InChI=1S/C17H18ClNO3/c1-13(20)19-15-4-2-5-17(12-15)22-11-3-10-21-16-8-6-14(18)7-9-16/h2,4-9,12H,3,10-11H2,1H3,(H,19,20). The van der Waals surface area contributed by atoms with Crippen molar-refractivity contribution in [3.05, 3.63) is 53.6 Å². The summed E-state index contributed by atoms with van der Waals surface area (Å²) in [5.41, 5.74) is 0.724. The van der Waals surface area contributed by atoms with E-state index in [4.69, 9.17) is 21.1 Å². The second-order valence-corrected chi connectivity index (χ2v) is 5.15. The van der Waals surface area contributed by atoms with Gasteiger partial charge in [-0.1, -0.05) is 17.7 Å². The molecule has 0 saturated heterocycles. The number of hydrogen-bond donors (Lipinski definition) is 1. The van der Waals surface area contributed by atoms with Crippen LogP contribution < -0.4 is 14.8 Å². The van der Waals surface area contributed by atoms with Crippen LogP contribution in [0.1, 0.15) is 13.3 Å². The molecule has 5 heteroatoms. The first-order valence-corrected chi connectivity index (χ1v) is 7.40. The number of nitrogens with one attached hydrogen (secondary N) is 1. The van der Waals surface area contributed by atoms with E-state index < -0.39 is 0 Å². The topological polar surface area (TPSA) is 47.6 Å². The lowest BCUT2D eigenvalue weighted by Gasteiger charge is -2.09. The van der Waals surface area contributed by atoms with E-state index in [0.29, 0.717) is 18.2 Å². The summed E-state index contributed by atoms with van der Waals surface area (Å²) < 4.78 is 11.2. The van der Waals surface area contributed by atoms with Crippen LogP contribution in [0, 0.1) is 0 Å². The van der Waals surface area contributed by atoms with Crippen LogP contribution in [0.3, 0.4) is 0 Å². The summed E-state index contributed by atoms with van der Waals surface area (Å²) in [5.74, 6) is 1.41. The molecule has 1 N–H and O–H groups in total. The first kappa shape index (κ1) is 16.2. The maximum absolute atomic E-state index is 11.0. The third-order valence-corrected chi connectivity index (χ3v) is 3.05. The minimum atomic E-state index is -0.103. The Labute approximate surface area is 135 Å². The van der Waals surface area contributed by atoms with Gasteiger partial charge in [0.25, 0.3) is 0 Å². The van der Waals surface area contributed by atoms with Gasteiger partial charge in [-0.05, 0) is 36.4 Å². The molecule has 0 aliphatic rings. The lowest BCUT2D eigenvalue weighted by atomic mass is 10.3. The highest BCUT2D eigenvalue weighted by Crippen LogP contribution is 2.18. The number of amides is 1. The van der Waals surface area contributed by atoms with Crippen LogP contribution >= 0.6 is 11.6 Å². The van der Waals surface area contributed by atoms with Gasteiger partial charge in [0.05, 0.1) is 13.2 Å². The molecule has 0 aromatic heterocycles. The first-order valence-electron chi connectivity index (χ1n) is 7.02. The van der Waals surface area contributed by atoms with Crippen molar-refractivity contribution < 1.29 is 14.3 Å². The van der Waals surface area contributed by atoms with Crippen LogP contribution in [0.4, 0.5) is 5.69 Å². The lowest BCUT2D eigenvalue weighted by molar-refractivity contribution is -0.114. The molecular formula is C17H18ClNO3. The largest absolute Gasteiger partial charge is 0.493 e. The first-order chi connectivity index (χ1) is 10.6. The molecule has 0 unspecified atom stereocenters. The molecule has 0 saturated carbocycles. The van der Waals surface area contributed by atoms with Gasteiger partial charge in [0.1, 0.15) is 11.5 Å². The fourth-order valence-corrected chi connectivity index (χ4v) is 1.96. The van der Waals surface area contributed by atoms with Crippen LogP contribution in [0.5, 0.6) is 11.5 Å². The molecule has 0 aliphatic heterocycles. The van der Waals surface area contributed by atoms with Crippen molar-refractivity contribution in [3.63, 3.8) is 0 Å². The maximum atomic E-state index is 11.0. The molecule has 0 bridgehead atoms. The van der Waals surface area contributed by atoms with Crippen molar-refractivity contribution in [1.29, 1.82) is 0 Å². The Morgan fingerprint density at radius 1 is 1.05 bits per heavy atom. The smallest absolute Gasteiger partial charge is 0.221 e. The highest BCUT2D eigenvalue weighted by Gasteiger charge is 1.99. The van der Waals surface area contributed by atoms with Crippen molar-refractivity contribution in [1.82, 2.24) is 0 Å². The Bertz CT molecular complexity index is 614. The summed E-state index contributed by atoms with van der Waals surface area (Å²) in [7, 11) is 0. The molecule has 4 nitrogen and oxygen atoms in total. The molecule has 0 fully saturated rings.